The first kappa shape index (κ1) is 32.3. The zero-order chi connectivity index (χ0) is 31.3. The zero-order valence-corrected chi connectivity index (χ0v) is 27.0. The van der Waals surface area contributed by atoms with Gasteiger partial charge in [-0.25, -0.2) is 9.80 Å². The predicted octanol–water partition coefficient (Wildman–Crippen LogP) is 4.16. The molecule has 1 aromatic rings. The number of piperidine rings is 1. The smallest absolute Gasteiger partial charge is 0.322 e. The number of dihydropyridines is 1. The summed E-state index contributed by atoms with van der Waals surface area (Å²) >= 11 is 0. The van der Waals surface area contributed by atoms with Crippen molar-refractivity contribution in [2.24, 2.45) is 10.9 Å². The van der Waals surface area contributed by atoms with Crippen molar-refractivity contribution >= 4 is 23.7 Å². The largest absolute Gasteiger partial charge is 0.748 e. The van der Waals surface area contributed by atoms with Crippen molar-refractivity contribution in [1.29, 1.82) is 0 Å². The lowest BCUT2D eigenvalue weighted by atomic mass is 9.90. The third-order valence-corrected chi connectivity index (χ3v) is 10.6. The fourth-order valence-electron chi connectivity index (χ4n) is 7.48. The Morgan fingerprint density at radius 3 is 2.67 bits per heavy atom. The van der Waals surface area contributed by atoms with Crippen molar-refractivity contribution < 1.29 is 14.4 Å². The number of Topliss-reactive ketones (excluding diaryl/α,β-unsaturated/α-hetero) is 1. The molecule has 5 heterocycles. The van der Waals surface area contributed by atoms with Gasteiger partial charge in [0.2, 0.25) is 0 Å². The monoisotopic (exact) mass is 620 g/mol. The highest BCUT2D eigenvalue weighted by molar-refractivity contribution is 5.91. The Labute approximate surface area is 267 Å². The quantitative estimate of drug-likeness (QED) is 0.335. The Bertz CT molecular complexity index is 1250. The number of para-hydroxylation sites is 1. The van der Waals surface area contributed by atoms with Crippen molar-refractivity contribution in [2.45, 2.75) is 95.9 Å². The summed E-state index contributed by atoms with van der Waals surface area (Å²) in [4.78, 5) is 41.6. The number of hydrazine groups is 1. The lowest BCUT2D eigenvalue weighted by Gasteiger charge is -2.45. The van der Waals surface area contributed by atoms with Crippen LogP contribution in [0.2, 0.25) is 0 Å². The van der Waals surface area contributed by atoms with Crippen LogP contribution in [-0.2, 0) is 16.1 Å². The summed E-state index contributed by atoms with van der Waals surface area (Å²) in [5.74, 6) is 0.538. The van der Waals surface area contributed by atoms with Crippen LogP contribution in [0, 0.1) is 11.1 Å². The number of rotatable bonds is 12. The highest BCUT2D eigenvalue weighted by atomic mass is 16.9. The van der Waals surface area contributed by atoms with Gasteiger partial charge in [-0.3, -0.25) is 19.5 Å². The summed E-state index contributed by atoms with van der Waals surface area (Å²) in [6.07, 6.45) is 7.80. The molecule has 2 amide bonds. The zero-order valence-electron chi connectivity index (χ0n) is 27.0. The molecule has 11 nitrogen and oxygen atoms in total. The van der Waals surface area contributed by atoms with Crippen molar-refractivity contribution in [1.82, 2.24) is 25.5 Å². The summed E-state index contributed by atoms with van der Waals surface area (Å²) in [5.41, 5.74) is 4.54. The molecular weight excluding hydrogens is 570 g/mol. The average Bonchev–Trinajstić information content (AvgIpc) is 3.49. The van der Waals surface area contributed by atoms with Gasteiger partial charge in [-0.15, -0.1) is 0 Å². The van der Waals surface area contributed by atoms with Crippen molar-refractivity contribution in [3.63, 3.8) is 0 Å². The van der Waals surface area contributed by atoms with E-state index in [4.69, 9.17) is 4.84 Å². The molecule has 0 aromatic heterocycles. The number of ketones is 1. The predicted molar refractivity (Wildman–Crippen MR) is 176 cm³/mol. The number of nitrogens with one attached hydrogen (secondary N) is 2. The molecule has 6 rings (SSSR count). The molecule has 3 unspecified atom stereocenters. The summed E-state index contributed by atoms with van der Waals surface area (Å²) in [6, 6.07) is 8.64. The third kappa shape index (κ3) is 8.01. The molecule has 0 spiro atoms. The molecule has 0 bridgehead atoms. The highest BCUT2D eigenvalue weighted by Gasteiger charge is 2.35. The van der Waals surface area contributed by atoms with E-state index >= 15 is 0 Å². The van der Waals surface area contributed by atoms with Crippen LogP contribution in [0.3, 0.4) is 0 Å². The lowest BCUT2D eigenvalue weighted by molar-refractivity contribution is -0.277. The molecule has 3 fully saturated rings. The molecule has 5 aliphatic heterocycles. The van der Waals surface area contributed by atoms with E-state index in [0.29, 0.717) is 69.0 Å². The summed E-state index contributed by atoms with van der Waals surface area (Å²) in [6.45, 7) is 10.1. The van der Waals surface area contributed by atoms with Gasteiger partial charge in [0.1, 0.15) is 6.10 Å². The first-order valence-corrected chi connectivity index (χ1v) is 17.1. The molecule has 3 saturated heterocycles. The van der Waals surface area contributed by atoms with E-state index in [2.05, 4.69) is 40.4 Å². The second-order valence-corrected chi connectivity index (χ2v) is 13.7. The molecule has 0 radical (unpaired) electrons. The van der Waals surface area contributed by atoms with Gasteiger partial charge >= 0.3 is 6.03 Å². The van der Waals surface area contributed by atoms with Gasteiger partial charge < -0.3 is 20.7 Å². The molecule has 0 saturated carbocycles. The van der Waals surface area contributed by atoms with Crippen LogP contribution >= 0.6 is 0 Å². The number of urea groups is 1. The maximum atomic E-state index is 13.5. The van der Waals surface area contributed by atoms with Crippen molar-refractivity contribution in [2.75, 3.05) is 51.1 Å². The number of anilines is 1. The fourth-order valence-corrected chi connectivity index (χ4v) is 7.48. The van der Waals surface area contributed by atoms with Gasteiger partial charge in [0.05, 0.1) is 6.04 Å². The number of likely N-dealkylation sites (tertiary alicyclic amines) is 1. The Balaban J connectivity index is 1.00. The third-order valence-electron chi connectivity index (χ3n) is 10.6. The van der Waals surface area contributed by atoms with Gasteiger partial charge in [0.25, 0.3) is 0 Å². The average molecular weight is 621 g/mol. The topological polar surface area (TPSA) is 116 Å². The van der Waals surface area contributed by atoms with Crippen LogP contribution < -0.4 is 10.6 Å². The molecule has 45 heavy (non-hydrogen) atoms. The van der Waals surface area contributed by atoms with E-state index in [-0.39, 0.29) is 23.9 Å². The van der Waals surface area contributed by atoms with E-state index in [1.807, 2.05) is 29.3 Å². The minimum absolute atomic E-state index is 0.00996. The van der Waals surface area contributed by atoms with Gasteiger partial charge in [0, 0.05) is 69.7 Å². The van der Waals surface area contributed by atoms with E-state index in [9.17, 15) is 14.8 Å². The van der Waals surface area contributed by atoms with E-state index < -0.39 is 6.10 Å². The first-order valence-electron chi connectivity index (χ1n) is 17.1. The van der Waals surface area contributed by atoms with E-state index in [1.165, 1.54) is 17.6 Å². The molecule has 3 atom stereocenters. The van der Waals surface area contributed by atoms with Crippen LogP contribution in [0.5, 0.6) is 0 Å². The molecular formula is C34H50N7O4-. The second-order valence-electron chi connectivity index (χ2n) is 13.7. The maximum Gasteiger partial charge on any atom is 0.322 e. The Morgan fingerprint density at radius 1 is 1.11 bits per heavy atom. The maximum absolute atomic E-state index is 13.5. The SMILES string of the molecule is CC1=C(C)CC(CCC(ON([O-])N2CCC(N3CCc4ccccc4NC3=O)CC2)C(=O)CCC2CN(C3CCNC3)C2)N=C1. The Hall–Kier alpha value is -2.67. The summed E-state index contributed by atoms with van der Waals surface area (Å²) < 4.78 is 0. The Morgan fingerprint density at radius 2 is 1.91 bits per heavy atom. The summed E-state index contributed by atoms with van der Waals surface area (Å²) in [7, 11) is 0. The number of aliphatic imine (C=N–C) groups is 1. The van der Waals surface area contributed by atoms with Crippen LogP contribution in [0.1, 0.15) is 70.8 Å². The highest BCUT2D eigenvalue weighted by Crippen LogP contribution is 2.28. The number of benzene rings is 1. The van der Waals surface area contributed by atoms with Crippen LogP contribution in [-0.4, -0.2) is 108 Å². The van der Waals surface area contributed by atoms with E-state index in [0.717, 1.165) is 56.7 Å². The number of amides is 2. The summed E-state index contributed by atoms with van der Waals surface area (Å²) in [5, 5.41) is 22.0. The molecule has 1 aromatic carbocycles. The number of carbonyl (C=O) groups is 2. The van der Waals surface area contributed by atoms with Gasteiger partial charge in [0.15, 0.2) is 5.78 Å². The number of hydrogen-bond donors (Lipinski definition) is 2. The van der Waals surface area contributed by atoms with Crippen LogP contribution in [0.25, 0.3) is 0 Å². The molecule has 11 heteroatoms. The molecule has 0 aliphatic carbocycles. The van der Waals surface area contributed by atoms with Crippen molar-refractivity contribution in [3.8, 4) is 0 Å². The number of nitrogens with zero attached hydrogens (tertiary/aromatic N) is 5. The minimum atomic E-state index is -0.784. The number of carbonyl (C=O) groups excluding carboxylic acids is 2. The van der Waals surface area contributed by atoms with Gasteiger partial charge in [-0.1, -0.05) is 23.8 Å². The fraction of sp³-hybridized carbons (Fsp3) is 0.676. The number of fused-ring (bicyclic) bond motifs is 1. The first-order chi connectivity index (χ1) is 21.8. The van der Waals surface area contributed by atoms with E-state index in [1.54, 1.807) is 5.01 Å². The standard InChI is InChI=1S/C34H50N7O4/c1-24-19-28(36-20-25(24)2)8-10-33(32(42)9-7-26-22-38(23-26)30-11-15-35-21-30)45-41(44)39-16-13-29(14-17-39)40-18-12-27-5-3-4-6-31(27)37-34(40)43/h3-6,20,26,28-30,33,35H,7-19,21-23H2,1-2H3,(H,37,43)/q-1. The minimum Gasteiger partial charge on any atom is -0.748 e. The van der Waals surface area contributed by atoms with Gasteiger partial charge in [-0.2, -0.15) is 5.34 Å². The second kappa shape index (κ2) is 14.8. The molecule has 2 N–H and O–H groups in total. The lowest BCUT2D eigenvalue weighted by Crippen LogP contribution is -2.53. The normalized spacial score (nSPS) is 26.1. The van der Waals surface area contributed by atoms with Crippen LogP contribution in [0.4, 0.5) is 10.5 Å². The number of allylic oxidation sites excluding steroid dienone is 1. The Kier molecular flexibility index (Phi) is 10.6. The molecule has 5 aliphatic rings. The molecule has 246 valence electrons. The van der Waals surface area contributed by atoms with Crippen molar-refractivity contribution in [3.05, 3.63) is 46.2 Å². The number of hydrogen-bond acceptors (Lipinski definition) is 9. The van der Waals surface area contributed by atoms with Gasteiger partial charge in [-0.05, 0) is 94.9 Å². The van der Waals surface area contributed by atoms with Crippen LogP contribution in [0.15, 0.2) is 40.4 Å².